The number of allylic oxidation sites excluding steroid dienone is 1. The van der Waals surface area contributed by atoms with Gasteiger partial charge in [0.25, 0.3) is 11.5 Å². The van der Waals surface area contributed by atoms with Crippen molar-refractivity contribution < 1.29 is 18.0 Å². The van der Waals surface area contributed by atoms with Crippen LogP contribution in [-0.2, 0) is 11.3 Å². The maximum absolute atomic E-state index is 13.6. The fraction of sp³-hybridized carbons (Fsp3) is 0.350. The molecule has 0 spiro atoms. The lowest BCUT2D eigenvalue weighted by atomic mass is 10.0. The van der Waals surface area contributed by atoms with Gasteiger partial charge in [-0.2, -0.15) is 13.2 Å². The highest BCUT2D eigenvalue weighted by Crippen LogP contribution is 2.34. The Morgan fingerprint density at radius 2 is 1.83 bits per heavy atom. The molecule has 1 heterocycles. The average Bonchev–Trinajstić information content (AvgIpc) is 2.68. The summed E-state index contributed by atoms with van der Waals surface area (Å²) in [7, 11) is 0. The van der Waals surface area contributed by atoms with Crippen LogP contribution in [0.2, 0.25) is 0 Å². The first-order valence-electron chi connectivity index (χ1n) is 9.40. The molecule has 30 heavy (non-hydrogen) atoms. The monoisotopic (exact) mass is 424 g/mol. The van der Waals surface area contributed by atoms with E-state index in [-0.39, 0.29) is 30.2 Å². The molecule has 2 rings (SSSR count). The van der Waals surface area contributed by atoms with E-state index >= 15 is 0 Å². The molecule has 3 N–H and O–H groups in total. The third kappa shape index (κ3) is 5.00. The van der Waals surface area contributed by atoms with Gasteiger partial charge in [-0.1, -0.05) is 43.7 Å². The minimum atomic E-state index is -4.80. The number of nitrogens with one attached hydrogen (secondary N) is 1. The van der Waals surface area contributed by atoms with Crippen LogP contribution in [0.1, 0.15) is 32.3 Å². The van der Waals surface area contributed by atoms with Crippen LogP contribution in [0.4, 0.5) is 24.7 Å². The largest absolute Gasteiger partial charge is 0.417 e. The van der Waals surface area contributed by atoms with Crippen LogP contribution in [-0.4, -0.2) is 28.2 Å². The Hall–Kier alpha value is -3.30. The summed E-state index contributed by atoms with van der Waals surface area (Å²) in [4.78, 5) is 40.1. The zero-order valence-corrected chi connectivity index (χ0v) is 16.6. The molecule has 0 aliphatic heterocycles. The molecule has 0 fully saturated rings. The van der Waals surface area contributed by atoms with E-state index in [0.717, 1.165) is 15.9 Å². The lowest BCUT2D eigenvalue weighted by Gasteiger charge is -2.22. The van der Waals surface area contributed by atoms with E-state index in [1.807, 2.05) is 6.92 Å². The third-order valence-corrected chi connectivity index (χ3v) is 4.46. The number of anilines is 2. The van der Waals surface area contributed by atoms with E-state index in [2.05, 4.69) is 4.98 Å². The molecule has 10 heteroatoms. The topological polar surface area (TPSA) is 101 Å². The van der Waals surface area contributed by atoms with Crippen molar-refractivity contribution in [1.29, 1.82) is 0 Å². The number of aromatic amines is 1. The number of H-pyrrole nitrogens is 1. The number of unbranched alkanes of at least 4 members (excludes halogenated alkanes) is 1. The Bertz CT molecular complexity index is 1040. The van der Waals surface area contributed by atoms with Crippen LogP contribution in [0.25, 0.3) is 5.57 Å². The standard InChI is InChI=1S/C20H23F3N4O3/c1-3-5-11-27-17(24)16(18(29)25-19(27)30)26(4-2)15(28)12-14(20(21,22)23)13-9-7-6-8-10-13/h6-10,12H,3-5,11,24H2,1-2H3,(H,25,29,30)/b14-12-. The minimum Gasteiger partial charge on any atom is -0.383 e. The molecule has 2 aromatic rings. The Labute approximate surface area is 170 Å². The van der Waals surface area contributed by atoms with Crippen LogP contribution in [0, 0.1) is 0 Å². The summed E-state index contributed by atoms with van der Waals surface area (Å²) in [5.74, 6) is -1.35. The van der Waals surface area contributed by atoms with Gasteiger partial charge in [0.15, 0.2) is 5.69 Å². The van der Waals surface area contributed by atoms with Gasteiger partial charge in [-0.3, -0.25) is 19.1 Å². The smallest absolute Gasteiger partial charge is 0.383 e. The lowest BCUT2D eigenvalue weighted by molar-refractivity contribution is -0.114. The van der Waals surface area contributed by atoms with Gasteiger partial charge in [0.05, 0.1) is 5.57 Å². The number of nitrogens with two attached hydrogens (primary N) is 1. The number of hydrogen-bond acceptors (Lipinski definition) is 4. The van der Waals surface area contributed by atoms with Gasteiger partial charge in [-0.15, -0.1) is 0 Å². The van der Waals surface area contributed by atoms with E-state index in [0.29, 0.717) is 12.5 Å². The van der Waals surface area contributed by atoms with E-state index < -0.39 is 28.9 Å². The van der Waals surface area contributed by atoms with Gasteiger partial charge in [-0.05, 0) is 18.9 Å². The molecule has 1 aromatic carbocycles. The summed E-state index contributed by atoms with van der Waals surface area (Å²) in [6, 6.07) is 6.86. The number of aromatic nitrogens is 2. The van der Waals surface area contributed by atoms with Crippen molar-refractivity contribution in [2.24, 2.45) is 0 Å². The number of benzene rings is 1. The number of amides is 1. The van der Waals surface area contributed by atoms with Crippen molar-refractivity contribution in [3.8, 4) is 0 Å². The summed E-state index contributed by atoms with van der Waals surface area (Å²) in [6.07, 6.45) is -3.04. The van der Waals surface area contributed by atoms with E-state index in [1.54, 1.807) is 6.07 Å². The van der Waals surface area contributed by atoms with Gasteiger partial charge < -0.3 is 10.6 Å². The number of carbonyl (C=O) groups is 1. The molecule has 1 aromatic heterocycles. The van der Waals surface area contributed by atoms with Gasteiger partial charge in [0.2, 0.25) is 0 Å². The van der Waals surface area contributed by atoms with Crippen molar-refractivity contribution in [3.05, 3.63) is 62.8 Å². The van der Waals surface area contributed by atoms with Crippen molar-refractivity contribution in [2.75, 3.05) is 17.2 Å². The summed E-state index contributed by atoms with van der Waals surface area (Å²) in [6.45, 7) is 3.45. The molecule has 0 saturated heterocycles. The van der Waals surface area contributed by atoms with Crippen LogP contribution in [0.5, 0.6) is 0 Å². The van der Waals surface area contributed by atoms with Crippen LogP contribution in [0.15, 0.2) is 46.0 Å². The van der Waals surface area contributed by atoms with Crippen LogP contribution in [0.3, 0.4) is 0 Å². The Kier molecular flexibility index (Phi) is 7.25. The third-order valence-electron chi connectivity index (χ3n) is 4.46. The molecule has 0 radical (unpaired) electrons. The molecule has 1 amide bonds. The van der Waals surface area contributed by atoms with Gasteiger partial charge in [-0.25, -0.2) is 4.79 Å². The first-order chi connectivity index (χ1) is 14.1. The van der Waals surface area contributed by atoms with E-state index in [9.17, 15) is 27.6 Å². The average molecular weight is 424 g/mol. The highest BCUT2D eigenvalue weighted by Gasteiger charge is 2.36. The summed E-state index contributed by atoms with van der Waals surface area (Å²) in [5.41, 5.74) is 2.59. The van der Waals surface area contributed by atoms with E-state index in [4.69, 9.17) is 5.73 Å². The summed E-state index contributed by atoms with van der Waals surface area (Å²) < 4.78 is 41.8. The zero-order valence-electron chi connectivity index (χ0n) is 16.6. The number of alkyl halides is 3. The molecule has 0 aliphatic carbocycles. The summed E-state index contributed by atoms with van der Waals surface area (Å²) >= 11 is 0. The fourth-order valence-electron chi connectivity index (χ4n) is 2.95. The first-order valence-corrected chi connectivity index (χ1v) is 9.40. The molecular formula is C20H23F3N4O3. The van der Waals surface area contributed by atoms with Gasteiger partial charge in [0.1, 0.15) is 5.82 Å². The number of likely N-dealkylation sites (N-methyl/N-ethyl adjacent to an activating group) is 1. The number of rotatable bonds is 7. The van der Waals surface area contributed by atoms with Crippen molar-refractivity contribution in [1.82, 2.24) is 9.55 Å². The Morgan fingerprint density at radius 3 is 2.37 bits per heavy atom. The molecule has 0 atom stereocenters. The Balaban J connectivity index is 2.59. The number of halogens is 3. The highest BCUT2D eigenvalue weighted by molar-refractivity contribution is 6.07. The fourth-order valence-corrected chi connectivity index (χ4v) is 2.95. The molecule has 0 saturated carbocycles. The number of nitrogens with zero attached hydrogens (tertiary/aromatic N) is 2. The lowest BCUT2D eigenvalue weighted by Crippen LogP contribution is -2.40. The molecule has 0 aliphatic rings. The second kappa shape index (κ2) is 9.47. The van der Waals surface area contributed by atoms with Gasteiger partial charge >= 0.3 is 11.9 Å². The van der Waals surface area contributed by atoms with Crippen molar-refractivity contribution in [3.63, 3.8) is 0 Å². The van der Waals surface area contributed by atoms with Crippen LogP contribution >= 0.6 is 0 Å². The Morgan fingerprint density at radius 1 is 1.20 bits per heavy atom. The maximum Gasteiger partial charge on any atom is 0.417 e. The normalized spacial score (nSPS) is 12.1. The first kappa shape index (κ1) is 23.0. The van der Waals surface area contributed by atoms with Crippen molar-refractivity contribution in [2.45, 2.75) is 39.4 Å². The predicted octanol–water partition coefficient (Wildman–Crippen LogP) is 2.92. The number of nitrogen functional groups attached to an aromatic ring is 1. The van der Waals surface area contributed by atoms with Gasteiger partial charge in [0, 0.05) is 19.2 Å². The second-order valence-electron chi connectivity index (χ2n) is 6.50. The summed E-state index contributed by atoms with van der Waals surface area (Å²) in [5, 5.41) is 0. The number of hydrogen-bond donors (Lipinski definition) is 2. The molecule has 0 unspecified atom stereocenters. The van der Waals surface area contributed by atoms with E-state index in [1.165, 1.54) is 31.2 Å². The molecule has 7 nitrogen and oxygen atoms in total. The predicted molar refractivity (Wildman–Crippen MR) is 109 cm³/mol. The maximum atomic E-state index is 13.6. The SMILES string of the molecule is CCCCn1c(N)c(N(CC)C(=O)/C=C(/c2ccccc2)C(F)(F)F)c(=O)[nH]c1=O. The molecule has 162 valence electrons. The van der Waals surface area contributed by atoms with Crippen molar-refractivity contribution >= 4 is 23.0 Å². The zero-order chi connectivity index (χ0) is 22.5. The molecular weight excluding hydrogens is 401 g/mol. The minimum absolute atomic E-state index is 0.130. The second-order valence-corrected chi connectivity index (χ2v) is 6.50. The number of carbonyl (C=O) groups excluding carboxylic acids is 1. The molecule has 0 bridgehead atoms. The van der Waals surface area contributed by atoms with Crippen LogP contribution < -0.4 is 21.9 Å². The quantitative estimate of drug-likeness (QED) is 0.668. The highest BCUT2D eigenvalue weighted by atomic mass is 19.4.